The van der Waals surface area contributed by atoms with Crippen LogP contribution in [0.2, 0.25) is 0 Å². The SMILES string of the molecule is CNc1cc2cc3sccc3cc2s1. The van der Waals surface area contributed by atoms with E-state index < -0.39 is 0 Å². The quantitative estimate of drug-likeness (QED) is 0.648. The molecule has 0 saturated carbocycles. The monoisotopic (exact) mass is 219 g/mol. The van der Waals surface area contributed by atoms with Gasteiger partial charge in [-0.3, -0.25) is 0 Å². The van der Waals surface area contributed by atoms with E-state index in [0.29, 0.717) is 0 Å². The molecule has 2 aromatic heterocycles. The Morgan fingerprint density at radius 1 is 1.07 bits per heavy atom. The van der Waals surface area contributed by atoms with Gasteiger partial charge in [0.1, 0.15) is 0 Å². The number of hydrogen-bond donors (Lipinski definition) is 1. The average Bonchev–Trinajstić information content (AvgIpc) is 2.77. The van der Waals surface area contributed by atoms with E-state index in [4.69, 9.17) is 0 Å². The van der Waals surface area contributed by atoms with Crippen LogP contribution in [0.25, 0.3) is 20.2 Å². The van der Waals surface area contributed by atoms with Crippen molar-refractivity contribution < 1.29 is 0 Å². The summed E-state index contributed by atoms with van der Waals surface area (Å²) in [7, 11) is 1.97. The van der Waals surface area contributed by atoms with E-state index in [1.807, 2.05) is 18.4 Å². The zero-order chi connectivity index (χ0) is 9.54. The van der Waals surface area contributed by atoms with Gasteiger partial charge in [-0.25, -0.2) is 0 Å². The summed E-state index contributed by atoms with van der Waals surface area (Å²) in [5, 5.41) is 9.26. The number of fused-ring (bicyclic) bond motifs is 2. The van der Waals surface area contributed by atoms with Gasteiger partial charge in [-0.15, -0.1) is 22.7 Å². The highest BCUT2D eigenvalue weighted by Crippen LogP contribution is 2.34. The fourth-order valence-electron chi connectivity index (χ4n) is 1.62. The lowest BCUT2D eigenvalue weighted by Gasteiger charge is -1.89. The highest BCUT2D eigenvalue weighted by Gasteiger charge is 2.02. The topological polar surface area (TPSA) is 12.0 Å². The second kappa shape index (κ2) is 2.97. The van der Waals surface area contributed by atoms with Crippen LogP contribution in [0.4, 0.5) is 5.00 Å². The second-order valence-corrected chi connectivity index (χ2v) is 5.24. The third-order valence-corrected chi connectivity index (χ3v) is 4.33. The molecule has 0 saturated heterocycles. The molecule has 0 amide bonds. The Morgan fingerprint density at radius 2 is 1.93 bits per heavy atom. The van der Waals surface area contributed by atoms with Crippen molar-refractivity contribution in [2.45, 2.75) is 0 Å². The van der Waals surface area contributed by atoms with Gasteiger partial charge >= 0.3 is 0 Å². The molecule has 3 rings (SSSR count). The Bertz CT molecular complexity index is 543. The number of benzene rings is 1. The standard InChI is InChI=1S/C11H9NS2/c1-12-11-6-8-5-9-7(2-3-13-9)4-10(8)14-11/h2-6,12H,1H3. The molecular formula is C11H9NS2. The minimum absolute atomic E-state index is 1.23. The molecule has 0 aliphatic rings. The van der Waals surface area contributed by atoms with Crippen LogP contribution in [0.5, 0.6) is 0 Å². The van der Waals surface area contributed by atoms with E-state index in [9.17, 15) is 0 Å². The van der Waals surface area contributed by atoms with Crippen molar-refractivity contribution in [2.75, 3.05) is 12.4 Å². The van der Waals surface area contributed by atoms with Crippen molar-refractivity contribution in [1.82, 2.24) is 0 Å². The maximum Gasteiger partial charge on any atom is 0.0892 e. The maximum absolute atomic E-state index is 3.19. The molecule has 0 atom stereocenters. The second-order valence-electron chi connectivity index (χ2n) is 3.21. The van der Waals surface area contributed by atoms with E-state index in [1.165, 1.54) is 25.2 Å². The van der Waals surface area contributed by atoms with Crippen molar-refractivity contribution in [2.24, 2.45) is 0 Å². The van der Waals surface area contributed by atoms with Crippen LogP contribution in [0.15, 0.2) is 29.6 Å². The van der Waals surface area contributed by atoms with Crippen LogP contribution >= 0.6 is 22.7 Å². The van der Waals surface area contributed by atoms with Crippen LogP contribution in [-0.2, 0) is 0 Å². The summed E-state index contributed by atoms with van der Waals surface area (Å²) in [5.41, 5.74) is 0. The highest BCUT2D eigenvalue weighted by molar-refractivity contribution is 7.23. The largest absolute Gasteiger partial charge is 0.380 e. The molecule has 1 nitrogen and oxygen atoms in total. The summed E-state index contributed by atoms with van der Waals surface area (Å²) in [6, 6.07) is 8.93. The Labute approximate surface area is 90.0 Å². The lowest BCUT2D eigenvalue weighted by molar-refractivity contribution is 1.60. The molecule has 14 heavy (non-hydrogen) atoms. The van der Waals surface area contributed by atoms with Crippen LogP contribution < -0.4 is 5.32 Å². The third-order valence-electron chi connectivity index (χ3n) is 2.34. The van der Waals surface area contributed by atoms with E-state index in [0.717, 1.165) is 0 Å². The minimum atomic E-state index is 1.23. The molecular weight excluding hydrogens is 210 g/mol. The zero-order valence-corrected chi connectivity index (χ0v) is 9.34. The van der Waals surface area contributed by atoms with Crippen molar-refractivity contribution in [3.8, 4) is 0 Å². The maximum atomic E-state index is 3.19. The van der Waals surface area contributed by atoms with Gasteiger partial charge in [0, 0.05) is 16.4 Å². The first-order chi connectivity index (χ1) is 6.86. The molecule has 0 radical (unpaired) electrons. The molecule has 3 aromatic rings. The van der Waals surface area contributed by atoms with Crippen LogP contribution in [0.1, 0.15) is 0 Å². The van der Waals surface area contributed by atoms with E-state index in [2.05, 4.69) is 35.0 Å². The predicted molar refractivity (Wildman–Crippen MR) is 66.8 cm³/mol. The first-order valence-corrected chi connectivity index (χ1v) is 6.15. The Balaban J connectivity index is 2.40. The molecule has 0 aliphatic heterocycles. The molecule has 1 aromatic carbocycles. The van der Waals surface area contributed by atoms with E-state index in [1.54, 1.807) is 11.3 Å². The fourth-order valence-corrected chi connectivity index (χ4v) is 3.38. The lowest BCUT2D eigenvalue weighted by Crippen LogP contribution is -1.79. The lowest BCUT2D eigenvalue weighted by atomic mass is 10.2. The number of anilines is 1. The summed E-state index contributed by atoms with van der Waals surface area (Å²) in [6.07, 6.45) is 0. The van der Waals surface area contributed by atoms with Crippen molar-refractivity contribution >= 4 is 47.8 Å². The predicted octanol–water partition coefficient (Wildman–Crippen LogP) is 4.16. The van der Waals surface area contributed by atoms with Gasteiger partial charge in [-0.1, -0.05) is 0 Å². The molecule has 2 heterocycles. The molecule has 0 fully saturated rings. The molecule has 1 N–H and O–H groups in total. The molecule has 3 heteroatoms. The Hall–Kier alpha value is -1.06. The molecule has 0 unspecified atom stereocenters. The number of thiophene rings is 2. The average molecular weight is 219 g/mol. The van der Waals surface area contributed by atoms with Crippen LogP contribution in [0.3, 0.4) is 0 Å². The third kappa shape index (κ3) is 1.13. The van der Waals surface area contributed by atoms with Gasteiger partial charge in [0.2, 0.25) is 0 Å². The first kappa shape index (κ1) is 8.26. The van der Waals surface area contributed by atoms with Crippen molar-refractivity contribution in [3.63, 3.8) is 0 Å². The van der Waals surface area contributed by atoms with Crippen molar-refractivity contribution in [1.29, 1.82) is 0 Å². The fraction of sp³-hybridized carbons (Fsp3) is 0.0909. The Morgan fingerprint density at radius 3 is 2.79 bits per heavy atom. The number of rotatable bonds is 1. The normalized spacial score (nSPS) is 11.2. The molecule has 0 bridgehead atoms. The van der Waals surface area contributed by atoms with Gasteiger partial charge in [0.15, 0.2) is 0 Å². The van der Waals surface area contributed by atoms with Gasteiger partial charge in [0.25, 0.3) is 0 Å². The van der Waals surface area contributed by atoms with Gasteiger partial charge in [-0.05, 0) is 40.4 Å². The summed E-state index contributed by atoms with van der Waals surface area (Å²) in [5.74, 6) is 0. The minimum Gasteiger partial charge on any atom is -0.380 e. The smallest absolute Gasteiger partial charge is 0.0892 e. The summed E-state index contributed by atoms with van der Waals surface area (Å²) in [6.45, 7) is 0. The van der Waals surface area contributed by atoms with Gasteiger partial charge < -0.3 is 5.32 Å². The van der Waals surface area contributed by atoms with Gasteiger partial charge in [-0.2, -0.15) is 0 Å². The van der Waals surface area contributed by atoms with Gasteiger partial charge in [0.05, 0.1) is 5.00 Å². The van der Waals surface area contributed by atoms with Crippen molar-refractivity contribution in [3.05, 3.63) is 29.6 Å². The van der Waals surface area contributed by atoms with Crippen LogP contribution in [-0.4, -0.2) is 7.05 Å². The summed E-state index contributed by atoms with van der Waals surface area (Å²) >= 11 is 3.61. The summed E-state index contributed by atoms with van der Waals surface area (Å²) in [4.78, 5) is 0. The highest BCUT2D eigenvalue weighted by atomic mass is 32.1. The molecule has 0 spiro atoms. The van der Waals surface area contributed by atoms with Crippen LogP contribution in [0, 0.1) is 0 Å². The molecule has 70 valence electrons. The summed E-state index contributed by atoms with van der Waals surface area (Å²) < 4.78 is 2.73. The first-order valence-electron chi connectivity index (χ1n) is 4.45. The number of hydrogen-bond acceptors (Lipinski definition) is 3. The zero-order valence-electron chi connectivity index (χ0n) is 7.70. The Kier molecular flexibility index (Phi) is 1.75. The molecule has 0 aliphatic carbocycles. The van der Waals surface area contributed by atoms with E-state index >= 15 is 0 Å². The number of nitrogens with one attached hydrogen (secondary N) is 1. The van der Waals surface area contributed by atoms with E-state index in [-0.39, 0.29) is 0 Å².